The first-order chi connectivity index (χ1) is 11.9. The summed E-state index contributed by atoms with van der Waals surface area (Å²) in [5.41, 5.74) is 0. The Morgan fingerprint density at radius 3 is 1.40 bits per heavy atom. The number of carbonyl (C=O) groups is 3. The highest BCUT2D eigenvalue weighted by atomic mass is 16.4. The number of amides is 1. The second-order valence-electron chi connectivity index (χ2n) is 6.76. The molecule has 0 spiro atoms. The van der Waals surface area contributed by atoms with Gasteiger partial charge in [0.15, 0.2) is 0 Å². The van der Waals surface area contributed by atoms with Crippen molar-refractivity contribution in [3.05, 3.63) is 0 Å². The minimum Gasteiger partial charge on any atom is -0.481 e. The molecule has 0 saturated carbocycles. The van der Waals surface area contributed by atoms with Crippen molar-refractivity contribution in [1.82, 2.24) is 5.32 Å². The maximum atomic E-state index is 11.5. The van der Waals surface area contributed by atoms with Crippen molar-refractivity contribution in [3.8, 4) is 0 Å². The predicted molar refractivity (Wildman–Crippen MR) is 97.5 cm³/mol. The summed E-state index contributed by atoms with van der Waals surface area (Å²) in [5.74, 6) is -1.89. The van der Waals surface area contributed by atoms with Crippen molar-refractivity contribution >= 4 is 17.8 Å². The third kappa shape index (κ3) is 17.0. The Morgan fingerprint density at radius 1 is 0.680 bits per heavy atom. The van der Waals surface area contributed by atoms with Crippen LogP contribution in [0.2, 0.25) is 0 Å². The molecule has 0 aliphatic heterocycles. The molecular weight excluding hydrogens is 322 g/mol. The fraction of sp³-hybridized carbons (Fsp3) is 0.842. The Hall–Kier alpha value is -1.59. The molecular formula is C19H35NO5. The van der Waals surface area contributed by atoms with Gasteiger partial charge in [-0.2, -0.15) is 0 Å². The Bertz CT molecular complexity index is 384. The quantitative estimate of drug-likeness (QED) is 0.340. The zero-order valence-electron chi connectivity index (χ0n) is 15.6. The van der Waals surface area contributed by atoms with E-state index in [1.807, 2.05) is 0 Å². The van der Waals surface area contributed by atoms with Gasteiger partial charge in [-0.1, -0.05) is 64.2 Å². The van der Waals surface area contributed by atoms with Crippen molar-refractivity contribution in [2.45, 2.75) is 103 Å². The summed E-state index contributed by atoms with van der Waals surface area (Å²) in [6.45, 7) is 1.47. The number of nitrogens with one attached hydrogen (secondary N) is 1. The fourth-order valence-corrected chi connectivity index (χ4v) is 2.70. The molecule has 146 valence electrons. The average molecular weight is 357 g/mol. The molecule has 0 aromatic carbocycles. The summed E-state index contributed by atoms with van der Waals surface area (Å²) >= 11 is 0. The molecule has 0 heterocycles. The second kappa shape index (κ2) is 15.9. The van der Waals surface area contributed by atoms with E-state index in [1.54, 1.807) is 0 Å². The number of hydrogen-bond acceptors (Lipinski definition) is 3. The summed E-state index contributed by atoms with van der Waals surface area (Å²) < 4.78 is 0. The summed E-state index contributed by atoms with van der Waals surface area (Å²) in [6, 6.07) is -0.815. The highest BCUT2D eigenvalue weighted by molar-refractivity contribution is 5.83. The number of carbonyl (C=O) groups excluding carboxylic acids is 1. The van der Waals surface area contributed by atoms with Gasteiger partial charge in [0, 0.05) is 12.8 Å². The lowest BCUT2D eigenvalue weighted by Crippen LogP contribution is -2.38. The summed E-state index contributed by atoms with van der Waals surface area (Å²) in [7, 11) is 0. The van der Waals surface area contributed by atoms with Crippen LogP contribution in [0.1, 0.15) is 96.8 Å². The molecule has 25 heavy (non-hydrogen) atoms. The van der Waals surface area contributed by atoms with Crippen molar-refractivity contribution in [1.29, 1.82) is 0 Å². The maximum absolute atomic E-state index is 11.5. The van der Waals surface area contributed by atoms with Crippen LogP contribution in [0.3, 0.4) is 0 Å². The van der Waals surface area contributed by atoms with Gasteiger partial charge in [0.1, 0.15) is 6.04 Å². The molecule has 0 unspecified atom stereocenters. The molecule has 3 N–H and O–H groups in total. The third-order valence-electron chi connectivity index (χ3n) is 4.29. The molecule has 6 heteroatoms. The first-order valence-electron chi connectivity index (χ1n) is 9.67. The Balaban J connectivity index is 3.22. The number of carboxylic acid groups (broad SMARTS) is 2. The molecule has 6 nitrogen and oxygen atoms in total. The van der Waals surface area contributed by atoms with E-state index in [2.05, 4.69) is 5.32 Å². The lowest BCUT2D eigenvalue weighted by atomic mass is 10.0. The van der Waals surface area contributed by atoms with Crippen LogP contribution in [0.4, 0.5) is 0 Å². The smallest absolute Gasteiger partial charge is 0.325 e. The maximum Gasteiger partial charge on any atom is 0.325 e. The summed E-state index contributed by atoms with van der Waals surface area (Å²) in [5, 5.41) is 19.7. The van der Waals surface area contributed by atoms with Gasteiger partial charge < -0.3 is 15.5 Å². The van der Waals surface area contributed by atoms with E-state index < -0.39 is 18.0 Å². The van der Waals surface area contributed by atoms with Crippen LogP contribution in [0.15, 0.2) is 0 Å². The molecule has 0 aliphatic rings. The molecule has 0 rings (SSSR count). The van der Waals surface area contributed by atoms with Crippen LogP contribution in [0.25, 0.3) is 0 Å². The zero-order chi connectivity index (χ0) is 18.9. The van der Waals surface area contributed by atoms with Crippen LogP contribution < -0.4 is 5.32 Å². The highest BCUT2D eigenvalue weighted by Gasteiger charge is 2.12. The Morgan fingerprint density at radius 2 is 1.04 bits per heavy atom. The molecule has 1 atom stereocenters. The summed E-state index contributed by atoms with van der Waals surface area (Å²) in [6.07, 6.45) is 13.9. The normalized spacial score (nSPS) is 11.9. The van der Waals surface area contributed by atoms with Gasteiger partial charge in [0.05, 0.1) is 0 Å². The van der Waals surface area contributed by atoms with Crippen LogP contribution in [0, 0.1) is 0 Å². The SMILES string of the molecule is C[C@H](NC(=O)CCCCCCCCCCCCCCC(=O)O)C(=O)O. The van der Waals surface area contributed by atoms with Gasteiger partial charge in [-0.15, -0.1) is 0 Å². The summed E-state index contributed by atoms with van der Waals surface area (Å²) in [4.78, 5) is 32.5. The van der Waals surface area contributed by atoms with Gasteiger partial charge >= 0.3 is 11.9 Å². The highest BCUT2D eigenvalue weighted by Crippen LogP contribution is 2.13. The first kappa shape index (κ1) is 23.4. The van der Waals surface area contributed by atoms with Gasteiger partial charge in [0.25, 0.3) is 0 Å². The average Bonchev–Trinajstić information content (AvgIpc) is 2.54. The lowest BCUT2D eigenvalue weighted by Gasteiger charge is -2.08. The van der Waals surface area contributed by atoms with Crippen molar-refractivity contribution in [3.63, 3.8) is 0 Å². The molecule has 0 aromatic heterocycles. The van der Waals surface area contributed by atoms with Crippen molar-refractivity contribution in [2.75, 3.05) is 0 Å². The number of aliphatic carboxylic acids is 2. The second-order valence-corrected chi connectivity index (χ2v) is 6.76. The Kier molecular flexibility index (Phi) is 14.9. The third-order valence-corrected chi connectivity index (χ3v) is 4.29. The van der Waals surface area contributed by atoms with E-state index in [9.17, 15) is 14.4 Å². The molecule has 0 fully saturated rings. The lowest BCUT2D eigenvalue weighted by molar-refractivity contribution is -0.141. The molecule has 1 amide bonds. The minimum absolute atomic E-state index is 0.182. The number of carboxylic acids is 2. The minimum atomic E-state index is -1.01. The van der Waals surface area contributed by atoms with Crippen LogP contribution in [-0.2, 0) is 14.4 Å². The largest absolute Gasteiger partial charge is 0.481 e. The van der Waals surface area contributed by atoms with Gasteiger partial charge in [-0.05, 0) is 19.8 Å². The molecule has 0 saturated heterocycles. The van der Waals surface area contributed by atoms with Crippen LogP contribution in [0.5, 0.6) is 0 Å². The van der Waals surface area contributed by atoms with E-state index in [4.69, 9.17) is 10.2 Å². The van der Waals surface area contributed by atoms with Crippen molar-refractivity contribution in [2.24, 2.45) is 0 Å². The van der Waals surface area contributed by atoms with E-state index >= 15 is 0 Å². The molecule has 0 radical (unpaired) electrons. The van der Waals surface area contributed by atoms with Crippen LogP contribution in [-0.4, -0.2) is 34.1 Å². The standard InChI is InChI=1S/C19H35NO5/c1-16(19(24)25)20-17(21)14-12-10-8-6-4-2-3-5-7-9-11-13-15-18(22)23/h16H,2-15H2,1H3,(H,20,21)(H,22,23)(H,24,25)/t16-/m0/s1. The van der Waals surface area contributed by atoms with E-state index in [0.29, 0.717) is 12.8 Å². The monoisotopic (exact) mass is 357 g/mol. The van der Waals surface area contributed by atoms with E-state index in [1.165, 1.54) is 45.4 Å². The number of rotatable bonds is 17. The molecule has 0 bridgehead atoms. The molecule has 0 aromatic rings. The van der Waals surface area contributed by atoms with Gasteiger partial charge in [0.2, 0.25) is 5.91 Å². The van der Waals surface area contributed by atoms with Gasteiger partial charge in [-0.3, -0.25) is 14.4 Å². The number of unbranched alkanes of at least 4 members (excludes halogenated alkanes) is 11. The molecule has 0 aliphatic carbocycles. The predicted octanol–water partition coefficient (Wildman–Crippen LogP) is 4.12. The first-order valence-corrected chi connectivity index (χ1v) is 9.67. The van der Waals surface area contributed by atoms with E-state index in [0.717, 1.165) is 38.5 Å². The topological polar surface area (TPSA) is 104 Å². The zero-order valence-corrected chi connectivity index (χ0v) is 15.6. The fourth-order valence-electron chi connectivity index (χ4n) is 2.70. The van der Waals surface area contributed by atoms with Gasteiger partial charge in [-0.25, -0.2) is 0 Å². The van der Waals surface area contributed by atoms with Crippen molar-refractivity contribution < 1.29 is 24.6 Å². The number of hydrogen-bond donors (Lipinski definition) is 3. The van der Waals surface area contributed by atoms with E-state index in [-0.39, 0.29) is 5.91 Å². The Labute approximate surface area is 151 Å². The van der Waals surface area contributed by atoms with Crippen LogP contribution >= 0.6 is 0 Å².